The lowest BCUT2D eigenvalue weighted by Gasteiger charge is -2.15. The highest BCUT2D eigenvalue weighted by molar-refractivity contribution is 7.97. The molecular weight excluding hydrogens is 677 g/mol. The van der Waals surface area contributed by atoms with Gasteiger partial charge in [-0.1, -0.05) is 37.4 Å². The quantitative estimate of drug-likeness (QED) is 0.0443. The molecule has 0 fully saturated rings. The van der Waals surface area contributed by atoms with Crippen LogP contribution in [0.1, 0.15) is 16.7 Å². The largest absolute Gasteiger partial charge is 0.498 e. The van der Waals surface area contributed by atoms with E-state index in [0.717, 1.165) is 33.9 Å². The molecule has 0 atom stereocenters. The summed E-state index contributed by atoms with van der Waals surface area (Å²) in [4.78, 5) is 3.47. The van der Waals surface area contributed by atoms with Crippen molar-refractivity contribution in [2.24, 2.45) is 0 Å². The van der Waals surface area contributed by atoms with Crippen molar-refractivity contribution in [2.45, 2.75) is 40.4 Å². The third kappa shape index (κ3) is 12.9. The summed E-state index contributed by atoms with van der Waals surface area (Å²) < 4.78 is 62.7. The topological polar surface area (TPSA) is 110 Å². The van der Waals surface area contributed by atoms with Gasteiger partial charge in [-0.3, -0.25) is 4.55 Å². The average molecular weight is 722 g/mol. The van der Waals surface area contributed by atoms with Gasteiger partial charge in [0.2, 0.25) is 0 Å². The van der Waals surface area contributed by atoms with Crippen molar-refractivity contribution >= 4 is 21.0 Å². The minimum Gasteiger partial charge on any atom is -0.498 e. The van der Waals surface area contributed by atoms with Gasteiger partial charge in [-0.25, -0.2) is 0 Å². The molecule has 0 saturated heterocycles. The summed E-state index contributed by atoms with van der Waals surface area (Å²) in [6, 6.07) is 26.8. The molecular formula is C39H45O9S2+. The molecule has 0 saturated carbocycles. The molecule has 0 aromatic heterocycles. The van der Waals surface area contributed by atoms with Crippen LogP contribution in [-0.2, 0) is 35.2 Å². The second-order valence-electron chi connectivity index (χ2n) is 10.6. The summed E-state index contributed by atoms with van der Waals surface area (Å²) in [5.41, 5.74) is 3.10. The zero-order valence-corrected chi connectivity index (χ0v) is 30.3. The number of hydrogen-bond acceptors (Lipinski definition) is 8. The van der Waals surface area contributed by atoms with E-state index in [0.29, 0.717) is 39.6 Å². The Kier molecular flexibility index (Phi) is 16.3. The first-order valence-corrected chi connectivity index (χ1v) is 18.4. The van der Waals surface area contributed by atoms with E-state index in [2.05, 4.69) is 70.0 Å². The van der Waals surface area contributed by atoms with Crippen LogP contribution in [0.4, 0.5) is 0 Å². The summed E-state index contributed by atoms with van der Waals surface area (Å²) in [7, 11) is -4.39. The van der Waals surface area contributed by atoms with Crippen LogP contribution in [0.25, 0.3) is 0 Å². The van der Waals surface area contributed by atoms with Gasteiger partial charge in [-0.2, -0.15) is 8.42 Å². The van der Waals surface area contributed by atoms with Crippen LogP contribution >= 0.6 is 0 Å². The van der Waals surface area contributed by atoms with Gasteiger partial charge in [0.15, 0.2) is 14.7 Å². The highest BCUT2D eigenvalue weighted by atomic mass is 32.2. The van der Waals surface area contributed by atoms with E-state index in [9.17, 15) is 8.42 Å². The van der Waals surface area contributed by atoms with Crippen LogP contribution in [0.5, 0.6) is 17.2 Å². The first-order valence-electron chi connectivity index (χ1n) is 15.7. The molecule has 0 unspecified atom stereocenters. The molecule has 4 aromatic rings. The molecule has 0 aliphatic carbocycles. The van der Waals surface area contributed by atoms with Gasteiger partial charge in [0, 0.05) is 12.1 Å². The van der Waals surface area contributed by atoms with Gasteiger partial charge >= 0.3 is 0 Å². The third-order valence-electron chi connectivity index (χ3n) is 6.85. The lowest BCUT2D eigenvalue weighted by Crippen LogP contribution is -2.09. The average Bonchev–Trinajstić information content (AvgIpc) is 3.09. The van der Waals surface area contributed by atoms with Crippen molar-refractivity contribution in [1.29, 1.82) is 0 Å². The SMILES string of the molecule is C=COCCOc1ccc([S+](c2ccc(OCCOC=C)cc2)c2cc(C)c(OCCOC=C)c(C)c2)cc1.Cc1ccc(S(=O)(=O)O)cc1. The van der Waals surface area contributed by atoms with Crippen LogP contribution in [0.2, 0.25) is 0 Å². The molecule has 9 nitrogen and oxygen atoms in total. The maximum absolute atomic E-state index is 10.5. The highest BCUT2D eigenvalue weighted by Crippen LogP contribution is 2.36. The Balaban J connectivity index is 0.000000521. The fourth-order valence-electron chi connectivity index (χ4n) is 4.58. The fraction of sp³-hybridized carbons (Fsp3) is 0.231. The van der Waals surface area contributed by atoms with E-state index in [1.54, 1.807) is 12.1 Å². The predicted octanol–water partition coefficient (Wildman–Crippen LogP) is 8.26. The smallest absolute Gasteiger partial charge is 0.294 e. The number of ether oxygens (including phenoxy) is 6. The number of hydrogen-bond donors (Lipinski definition) is 1. The minimum absolute atomic E-state index is 0.0666. The van der Waals surface area contributed by atoms with Gasteiger partial charge in [-0.05, 0) is 92.6 Å². The third-order valence-corrected chi connectivity index (χ3v) is 9.91. The minimum atomic E-state index is -4.02. The highest BCUT2D eigenvalue weighted by Gasteiger charge is 2.30. The molecule has 11 heteroatoms. The predicted molar refractivity (Wildman–Crippen MR) is 197 cm³/mol. The van der Waals surface area contributed by atoms with Gasteiger partial charge < -0.3 is 28.4 Å². The molecule has 266 valence electrons. The second kappa shape index (κ2) is 20.6. The number of rotatable bonds is 19. The van der Waals surface area contributed by atoms with Crippen molar-refractivity contribution < 1.29 is 41.4 Å². The molecule has 1 N–H and O–H groups in total. The van der Waals surface area contributed by atoms with E-state index >= 15 is 0 Å². The van der Waals surface area contributed by atoms with Gasteiger partial charge in [0.05, 0.1) is 34.6 Å². The van der Waals surface area contributed by atoms with Crippen molar-refractivity contribution in [3.63, 3.8) is 0 Å². The Morgan fingerprint density at radius 3 is 1.36 bits per heavy atom. The lowest BCUT2D eigenvalue weighted by atomic mass is 10.1. The standard InChI is InChI=1S/C32H37O6S.C7H8O3S/c1-6-33-17-20-36-27-9-13-29(14-10-27)39(30-15-11-28(12-16-30)37-21-18-34-7-2)31-23-25(4)32(26(5)24-31)38-22-19-35-8-3;1-6-2-4-7(5-3-6)11(8,9)10/h6-16,23-24H,1-3,17-22H2,4-5H3;2-5H,1H3,(H,8,9,10)/q+1;. The Morgan fingerprint density at radius 1 is 0.580 bits per heavy atom. The van der Waals surface area contributed by atoms with E-state index < -0.39 is 10.1 Å². The van der Waals surface area contributed by atoms with Crippen molar-refractivity contribution in [2.75, 3.05) is 39.6 Å². The summed E-state index contributed by atoms with van der Waals surface area (Å²) >= 11 is 0. The molecule has 0 amide bonds. The van der Waals surface area contributed by atoms with Gasteiger partial charge in [0.1, 0.15) is 56.9 Å². The van der Waals surface area contributed by atoms with E-state index in [4.69, 9.17) is 33.0 Å². The van der Waals surface area contributed by atoms with Crippen LogP contribution in [0.15, 0.2) is 143 Å². The molecule has 4 rings (SSSR count). The molecule has 50 heavy (non-hydrogen) atoms. The molecule has 0 bridgehead atoms. The van der Waals surface area contributed by atoms with Crippen LogP contribution in [0, 0.1) is 20.8 Å². The second-order valence-corrected chi connectivity index (χ2v) is 14.0. The molecule has 0 radical (unpaired) electrons. The number of aryl methyl sites for hydroxylation is 3. The summed E-state index contributed by atoms with van der Waals surface area (Å²) in [5, 5.41) is 0. The zero-order valence-electron chi connectivity index (χ0n) is 28.7. The summed E-state index contributed by atoms with van der Waals surface area (Å²) in [6.07, 6.45) is 4.26. The van der Waals surface area contributed by atoms with E-state index in [-0.39, 0.29) is 15.8 Å². The molecule has 0 aliphatic rings. The summed E-state index contributed by atoms with van der Waals surface area (Å²) in [5.74, 6) is 2.46. The monoisotopic (exact) mass is 721 g/mol. The van der Waals surface area contributed by atoms with Crippen LogP contribution in [0.3, 0.4) is 0 Å². The molecule has 0 aliphatic heterocycles. The molecule has 4 aromatic carbocycles. The lowest BCUT2D eigenvalue weighted by molar-refractivity contribution is 0.178. The van der Waals surface area contributed by atoms with Crippen molar-refractivity contribution in [1.82, 2.24) is 0 Å². The van der Waals surface area contributed by atoms with Crippen LogP contribution in [-0.4, -0.2) is 52.6 Å². The maximum Gasteiger partial charge on any atom is 0.294 e. The van der Waals surface area contributed by atoms with Crippen molar-refractivity contribution in [3.8, 4) is 17.2 Å². The van der Waals surface area contributed by atoms with Crippen molar-refractivity contribution in [3.05, 3.63) is 140 Å². The first-order chi connectivity index (χ1) is 24.1. The molecule has 0 heterocycles. The summed E-state index contributed by atoms with van der Waals surface area (Å²) in [6.45, 7) is 19.4. The van der Waals surface area contributed by atoms with Gasteiger partial charge in [0.25, 0.3) is 10.1 Å². The Hall–Kier alpha value is -4.84. The van der Waals surface area contributed by atoms with E-state index in [1.807, 2.05) is 31.2 Å². The normalized spacial score (nSPS) is 10.7. The molecule has 0 spiro atoms. The van der Waals surface area contributed by atoms with Gasteiger partial charge in [-0.15, -0.1) is 0 Å². The Morgan fingerprint density at radius 2 is 0.980 bits per heavy atom. The Labute approximate surface area is 298 Å². The first kappa shape index (κ1) is 39.6. The van der Waals surface area contributed by atoms with E-state index in [1.165, 1.54) is 45.6 Å². The Bertz CT molecular complexity index is 1670. The maximum atomic E-state index is 10.5. The zero-order chi connectivity index (χ0) is 36.4. The number of benzene rings is 4. The van der Waals surface area contributed by atoms with Crippen LogP contribution < -0.4 is 14.2 Å². The fourth-order valence-corrected chi connectivity index (χ4v) is 7.28.